The predicted octanol–water partition coefficient (Wildman–Crippen LogP) is 1.88. The van der Waals surface area contributed by atoms with Crippen LogP contribution in [0, 0.1) is 0 Å². The van der Waals surface area contributed by atoms with Crippen LogP contribution in [0.4, 0.5) is 0 Å². The van der Waals surface area contributed by atoms with E-state index < -0.39 is 36.2 Å². The number of aliphatic carboxylic acids is 1. The minimum absolute atomic E-state index is 0.209. The molecule has 0 unspecified atom stereocenters. The number of aromatic nitrogens is 1. The second-order valence-corrected chi connectivity index (χ2v) is 6.78. The number of aliphatic hydroxyl groups excluding tert-OH is 2. The van der Waals surface area contributed by atoms with E-state index in [1.165, 1.54) is 11.8 Å². The van der Waals surface area contributed by atoms with Gasteiger partial charge in [0.25, 0.3) is 6.29 Å². The average molecular weight is 387 g/mol. The van der Waals surface area contributed by atoms with Crippen LogP contribution in [0.25, 0.3) is 10.9 Å². The first kappa shape index (κ1) is 19.7. The van der Waals surface area contributed by atoms with E-state index in [1.54, 1.807) is 6.07 Å². The molecule has 0 amide bonds. The van der Waals surface area contributed by atoms with Crippen molar-refractivity contribution in [3.05, 3.63) is 59.0 Å². The molecule has 8 heteroatoms. The molecule has 148 valence electrons. The summed E-state index contributed by atoms with van der Waals surface area (Å²) in [6, 6.07) is 5.60. The van der Waals surface area contributed by atoms with Crippen LogP contribution in [0.1, 0.15) is 29.8 Å². The number of fused-ring (bicyclic) bond motifs is 1. The van der Waals surface area contributed by atoms with Crippen molar-refractivity contribution in [2.24, 2.45) is 0 Å². The van der Waals surface area contributed by atoms with Crippen LogP contribution in [-0.2, 0) is 20.7 Å². The Morgan fingerprint density at radius 2 is 2.04 bits per heavy atom. The van der Waals surface area contributed by atoms with E-state index in [1.807, 2.05) is 26.0 Å². The zero-order valence-electron chi connectivity index (χ0n) is 15.4. The first-order chi connectivity index (χ1) is 13.3. The molecular formula is C20H21NO7. The van der Waals surface area contributed by atoms with Crippen LogP contribution < -0.4 is 0 Å². The Bertz CT molecular complexity index is 968. The monoisotopic (exact) mass is 387 g/mol. The van der Waals surface area contributed by atoms with Gasteiger partial charge < -0.3 is 29.8 Å². The van der Waals surface area contributed by atoms with Crippen molar-refractivity contribution in [3.8, 4) is 0 Å². The minimum atomic E-state index is -1.64. The molecule has 8 nitrogen and oxygen atoms in total. The summed E-state index contributed by atoms with van der Waals surface area (Å²) in [7, 11) is 0. The quantitative estimate of drug-likeness (QED) is 0.455. The summed E-state index contributed by atoms with van der Waals surface area (Å²) in [5.41, 5.74) is 3.23. The number of rotatable bonds is 5. The maximum atomic E-state index is 12.5. The maximum absolute atomic E-state index is 12.5. The van der Waals surface area contributed by atoms with Crippen LogP contribution in [0.15, 0.2) is 47.9 Å². The minimum Gasteiger partial charge on any atom is -0.475 e. The van der Waals surface area contributed by atoms with Crippen LogP contribution in [0.5, 0.6) is 0 Å². The highest BCUT2D eigenvalue weighted by molar-refractivity contribution is 6.04. The zero-order valence-corrected chi connectivity index (χ0v) is 15.4. The van der Waals surface area contributed by atoms with Gasteiger partial charge in [-0.2, -0.15) is 0 Å². The number of hydrogen-bond acceptors (Lipinski definition) is 6. The summed E-state index contributed by atoms with van der Waals surface area (Å²) < 4.78 is 10.1. The van der Waals surface area contributed by atoms with E-state index in [0.29, 0.717) is 5.39 Å². The first-order valence-electron chi connectivity index (χ1n) is 8.68. The largest absolute Gasteiger partial charge is 0.475 e. The Morgan fingerprint density at radius 3 is 2.71 bits per heavy atom. The van der Waals surface area contributed by atoms with Gasteiger partial charge in [-0.15, -0.1) is 0 Å². The number of carbonyl (C=O) groups excluding carboxylic acids is 1. The van der Waals surface area contributed by atoms with Crippen molar-refractivity contribution in [1.82, 2.24) is 4.98 Å². The van der Waals surface area contributed by atoms with E-state index in [-0.39, 0.29) is 5.56 Å². The Labute approximate surface area is 160 Å². The topological polar surface area (TPSA) is 129 Å². The van der Waals surface area contributed by atoms with Gasteiger partial charge in [0.15, 0.2) is 6.10 Å². The molecule has 0 bridgehead atoms. The van der Waals surface area contributed by atoms with Crippen molar-refractivity contribution in [3.63, 3.8) is 0 Å². The number of hydrogen-bond donors (Lipinski definition) is 4. The van der Waals surface area contributed by atoms with Crippen molar-refractivity contribution in [2.75, 3.05) is 0 Å². The molecule has 28 heavy (non-hydrogen) atoms. The van der Waals surface area contributed by atoms with Gasteiger partial charge in [-0.3, -0.25) is 0 Å². The number of H-pyrrole nitrogens is 1. The molecule has 0 saturated carbocycles. The van der Waals surface area contributed by atoms with Crippen molar-refractivity contribution in [2.45, 2.75) is 38.8 Å². The SMILES string of the molecule is CC(C)=CCc1ccc2c(C(=O)O[C@@H]3OC(C(=O)O)=C[C@H](O)[C@H]3O)c[nH]c2c1. The molecule has 3 atom stereocenters. The number of aromatic amines is 1. The van der Waals surface area contributed by atoms with E-state index in [2.05, 4.69) is 11.1 Å². The second-order valence-electron chi connectivity index (χ2n) is 6.78. The molecule has 0 fully saturated rings. The van der Waals surface area contributed by atoms with Crippen LogP contribution in [0.3, 0.4) is 0 Å². The molecule has 1 aliphatic rings. The van der Waals surface area contributed by atoms with E-state index >= 15 is 0 Å². The predicted molar refractivity (Wildman–Crippen MR) is 99.5 cm³/mol. The van der Waals surface area contributed by atoms with Crippen LogP contribution >= 0.6 is 0 Å². The van der Waals surface area contributed by atoms with Gasteiger partial charge in [-0.25, -0.2) is 9.59 Å². The molecule has 2 aromatic rings. The van der Waals surface area contributed by atoms with Gasteiger partial charge in [0.1, 0.15) is 6.10 Å². The average Bonchev–Trinajstić information content (AvgIpc) is 3.06. The lowest BCUT2D eigenvalue weighted by atomic mass is 10.1. The lowest BCUT2D eigenvalue weighted by Gasteiger charge is -2.29. The smallest absolute Gasteiger partial charge is 0.371 e. The molecule has 3 rings (SSSR count). The van der Waals surface area contributed by atoms with Crippen LogP contribution in [-0.4, -0.2) is 50.7 Å². The molecule has 4 N–H and O–H groups in total. The first-order valence-corrected chi connectivity index (χ1v) is 8.68. The van der Waals surface area contributed by atoms with E-state index in [0.717, 1.165) is 23.6 Å². The van der Waals surface area contributed by atoms with Crippen molar-refractivity contribution < 1.29 is 34.4 Å². The van der Waals surface area contributed by atoms with Crippen molar-refractivity contribution in [1.29, 1.82) is 0 Å². The molecule has 1 aromatic carbocycles. The second kappa shape index (κ2) is 7.87. The third kappa shape index (κ3) is 4.08. The number of carboxylic acid groups (broad SMARTS) is 1. The fraction of sp³-hybridized carbons (Fsp3) is 0.300. The Balaban J connectivity index is 1.79. The molecular weight excluding hydrogens is 366 g/mol. The highest BCUT2D eigenvalue weighted by Gasteiger charge is 2.37. The molecule has 0 saturated heterocycles. The highest BCUT2D eigenvalue weighted by atomic mass is 16.7. The fourth-order valence-electron chi connectivity index (χ4n) is 2.82. The Kier molecular flexibility index (Phi) is 5.53. The number of aliphatic hydroxyl groups is 2. The van der Waals surface area contributed by atoms with Gasteiger partial charge in [-0.1, -0.05) is 23.8 Å². The van der Waals surface area contributed by atoms with Gasteiger partial charge in [0.2, 0.25) is 5.76 Å². The van der Waals surface area contributed by atoms with Gasteiger partial charge in [0, 0.05) is 17.1 Å². The third-order valence-corrected chi connectivity index (χ3v) is 4.34. The summed E-state index contributed by atoms with van der Waals surface area (Å²) in [6.45, 7) is 4.04. The number of ether oxygens (including phenoxy) is 2. The highest BCUT2D eigenvalue weighted by Crippen LogP contribution is 2.24. The summed E-state index contributed by atoms with van der Waals surface area (Å²) in [4.78, 5) is 26.6. The summed E-state index contributed by atoms with van der Waals surface area (Å²) in [5.74, 6) is -2.85. The zero-order chi connectivity index (χ0) is 20.4. The van der Waals surface area contributed by atoms with E-state index in [9.17, 15) is 19.8 Å². The number of nitrogens with one attached hydrogen (secondary N) is 1. The normalized spacial score (nSPS) is 21.6. The van der Waals surface area contributed by atoms with Gasteiger partial charge in [-0.05, 0) is 38.0 Å². The summed E-state index contributed by atoms with van der Waals surface area (Å²) >= 11 is 0. The summed E-state index contributed by atoms with van der Waals surface area (Å²) in [6.07, 6.45) is 0.405. The Hall–Kier alpha value is -3.10. The molecule has 0 aliphatic carbocycles. The van der Waals surface area contributed by atoms with Gasteiger partial charge >= 0.3 is 11.9 Å². The molecule has 0 radical (unpaired) electrons. The molecule has 2 heterocycles. The molecule has 1 aliphatic heterocycles. The molecule has 0 spiro atoms. The fourth-order valence-corrected chi connectivity index (χ4v) is 2.82. The lowest BCUT2D eigenvalue weighted by molar-refractivity contribution is -0.184. The van der Waals surface area contributed by atoms with Gasteiger partial charge in [0.05, 0.1) is 5.56 Å². The lowest BCUT2D eigenvalue weighted by Crippen LogP contribution is -2.45. The number of esters is 1. The number of allylic oxidation sites excluding steroid dienone is 2. The number of carbonyl (C=O) groups is 2. The van der Waals surface area contributed by atoms with Crippen molar-refractivity contribution >= 4 is 22.8 Å². The standard InChI is InChI=1S/C20H21NO7/c1-10(2)3-4-11-5-6-12-13(9-21-14(12)7-11)19(26)28-20-17(23)15(22)8-16(27-20)18(24)25/h3,5-9,15,17,20-23H,4H2,1-2H3,(H,24,25)/t15-,17+,20-/m0/s1. The Morgan fingerprint density at radius 1 is 1.29 bits per heavy atom. The number of benzene rings is 1. The summed E-state index contributed by atoms with van der Waals surface area (Å²) in [5, 5.41) is 29.3. The maximum Gasteiger partial charge on any atom is 0.371 e. The third-order valence-electron chi connectivity index (χ3n) is 4.34. The number of carboxylic acids is 1. The van der Waals surface area contributed by atoms with E-state index in [4.69, 9.17) is 14.6 Å². The molecule has 1 aromatic heterocycles. The van der Waals surface area contributed by atoms with Crippen LogP contribution in [0.2, 0.25) is 0 Å².